The first-order valence-electron chi connectivity index (χ1n) is 8.78. The Bertz CT molecular complexity index is 757. The molecule has 3 rings (SSSR count). The summed E-state index contributed by atoms with van der Waals surface area (Å²) in [6.45, 7) is 8.65. The van der Waals surface area contributed by atoms with Crippen molar-refractivity contribution in [3.63, 3.8) is 0 Å². The van der Waals surface area contributed by atoms with E-state index in [9.17, 15) is 4.79 Å². The molecular formula is C21H25NO3. The second kappa shape index (κ2) is 6.87. The first-order chi connectivity index (χ1) is 11.9. The van der Waals surface area contributed by atoms with Crippen molar-refractivity contribution in [1.82, 2.24) is 4.98 Å². The number of aromatic nitrogens is 1. The number of hydrogen-bond donors (Lipinski definition) is 0. The van der Waals surface area contributed by atoms with E-state index in [2.05, 4.69) is 24.9 Å². The Balaban J connectivity index is 2.07. The van der Waals surface area contributed by atoms with Crippen LogP contribution in [-0.2, 0) is 14.3 Å². The van der Waals surface area contributed by atoms with Gasteiger partial charge in [-0.3, -0.25) is 9.78 Å². The van der Waals surface area contributed by atoms with Gasteiger partial charge in [0.15, 0.2) is 0 Å². The average molecular weight is 339 g/mol. The van der Waals surface area contributed by atoms with Gasteiger partial charge in [0, 0.05) is 17.8 Å². The van der Waals surface area contributed by atoms with Crippen LogP contribution < -0.4 is 0 Å². The zero-order valence-electron chi connectivity index (χ0n) is 15.3. The Hall–Kier alpha value is -2.36. The summed E-state index contributed by atoms with van der Waals surface area (Å²) >= 11 is 0. The highest BCUT2D eigenvalue weighted by atomic mass is 16.5. The van der Waals surface area contributed by atoms with Crippen molar-refractivity contribution in [1.29, 1.82) is 0 Å². The fourth-order valence-corrected chi connectivity index (χ4v) is 3.80. The van der Waals surface area contributed by atoms with Crippen LogP contribution >= 0.6 is 0 Å². The molecule has 0 aromatic carbocycles. The van der Waals surface area contributed by atoms with Gasteiger partial charge in [0.25, 0.3) is 0 Å². The predicted molar refractivity (Wildman–Crippen MR) is 96.6 cm³/mol. The van der Waals surface area contributed by atoms with E-state index >= 15 is 0 Å². The van der Waals surface area contributed by atoms with Crippen molar-refractivity contribution in [3.05, 3.63) is 64.9 Å². The number of pyridine rings is 1. The van der Waals surface area contributed by atoms with Gasteiger partial charge in [-0.15, -0.1) is 0 Å². The summed E-state index contributed by atoms with van der Waals surface area (Å²) in [5.74, 6) is 0.542. The van der Waals surface area contributed by atoms with Gasteiger partial charge in [-0.1, -0.05) is 19.9 Å². The quantitative estimate of drug-likeness (QED) is 0.732. The molecule has 1 aromatic heterocycles. The highest BCUT2D eigenvalue weighted by Crippen LogP contribution is 2.53. The molecule has 0 spiro atoms. The normalized spacial score (nSPS) is 19.5. The molecule has 1 atom stereocenters. The Morgan fingerprint density at radius 2 is 2.20 bits per heavy atom. The lowest BCUT2D eigenvalue weighted by molar-refractivity contribution is -0.143. The number of fused-ring (bicyclic) bond motifs is 1. The lowest BCUT2D eigenvalue weighted by Crippen LogP contribution is -2.21. The molecule has 0 N–H and O–H groups in total. The van der Waals surface area contributed by atoms with E-state index in [0.29, 0.717) is 6.61 Å². The van der Waals surface area contributed by atoms with Crippen LogP contribution in [0.2, 0.25) is 0 Å². The van der Waals surface area contributed by atoms with Crippen molar-refractivity contribution in [2.45, 2.75) is 46.5 Å². The molecule has 1 aromatic rings. The van der Waals surface area contributed by atoms with Gasteiger partial charge >= 0.3 is 5.97 Å². The number of carbonyl (C=O) groups is 1. The SMILES string of the molecule is CCOC(=O)CC(C1=C2OC=C(C)C=C2CC1(C)C)c1ccccn1. The number of carbonyl (C=O) groups excluding carboxylic acids is 1. The molecule has 4 nitrogen and oxygen atoms in total. The zero-order valence-corrected chi connectivity index (χ0v) is 15.3. The third-order valence-electron chi connectivity index (χ3n) is 4.73. The van der Waals surface area contributed by atoms with Gasteiger partial charge in [0.1, 0.15) is 5.76 Å². The monoisotopic (exact) mass is 339 g/mol. The van der Waals surface area contributed by atoms with Crippen LogP contribution in [0, 0.1) is 5.41 Å². The van der Waals surface area contributed by atoms with Crippen molar-refractivity contribution >= 4 is 5.97 Å². The Morgan fingerprint density at radius 1 is 1.40 bits per heavy atom. The molecule has 0 radical (unpaired) electrons. The fourth-order valence-electron chi connectivity index (χ4n) is 3.80. The topological polar surface area (TPSA) is 48.4 Å². The van der Waals surface area contributed by atoms with Crippen LogP contribution in [0.1, 0.15) is 52.1 Å². The lowest BCUT2D eigenvalue weighted by Gasteiger charge is -2.28. The number of rotatable bonds is 5. The van der Waals surface area contributed by atoms with Gasteiger partial charge in [-0.05, 0) is 60.6 Å². The number of esters is 1. The number of hydrogen-bond acceptors (Lipinski definition) is 4. The predicted octanol–water partition coefficient (Wildman–Crippen LogP) is 4.66. The van der Waals surface area contributed by atoms with Crippen LogP contribution in [0.15, 0.2) is 59.2 Å². The fraction of sp³-hybridized carbons (Fsp3) is 0.429. The summed E-state index contributed by atoms with van der Waals surface area (Å²) < 4.78 is 11.2. The summed E-state index contributed by atoms with van der Waals surface area (Å²) in [6.07, 6.45) is 6.89. The molecule has 25 heavy (non-hydrogen) atoms. The van der Waals surface area contributed by atoms with E-state index in [1.165, 1.54) is 5.57 Å². The van der Waals surface area contributed by atoms with Gasteiger partial charge in [0.2, 0.25) is 0 Å². The average Bonchev–Trinajstić information content (AvgIpc) is 2.82. The van der Waals surface area contributed by atoms with Crippen molar-refractivity contribution in [3.8, 4) is 0 Å². The summed E-state index contributed by atoms with van der Waals surface area (Å²) in [5.41, 5.74) is 4.21. The minimum Gasteiger partial charge on any atom is -0.466 e. The van der Waals surface area contributed by atoms with E-state index in [-0.39, 0.29) is 23.7 Å². The van der Waals surface area contributed by atoms with Crippen LogP contribution in [0.5, 0.6) is 0 Å². The summed E-state index contributed by atoms with van der Waals surface area (Å²) in [5, 5.41) is 0. The van der Waals surface area contributed by atoms with Crippen molar-refractivity contribution in [2.75, 3.05) is 6.61 Å². The van der Waals surface area contributed by atoms with Crippen LogP contribution in [0.25, 0.3) is 0 Å². The summed E-state index contributed by atoms with van der Waals surface area (Å²) in [7, 11) is 0. The highest BCUT2D eigenvalue weighted by molar-refractivity contribution is 5.71. The highest BCUT2D eigenvalue weighted by Gasteiger charge is 2.43. The number of allylic oxidation sites excluding steroid dienone is 4. The Kier molecular flexibility index (Phi) is 4.80. The third-order valence-corrected chi connectivity index (χ3v) is 4.73. The molecule has 0 saturated heterocycles. The van der Waals surface area contributed by atoms with E-state index in [1.807, 2.05) is 32.0 Å². The van der Waals surface area contributed by atoms with Crippen LogP contribution in [0.4, 0.5) is 0 Å². The van der Waals surface area contributed by atoms with Gasteiger partial charge in [0.05, 0.1) is 19.3 Å². The second-order valence-electron chi connectivity index (χ2n) is 7.27. The first-order valence-corrected chi connectivity index (χ1v) is 8.78. The van der Waals surface area contributed by atoms with Crippen molar-refractivity contribution in [2.24, 2.45) is 5.41 Å². The molecular weight excluding hydrogens is 314 g/mol. The molecule has 0 fully saturated rings. The molecule has 2 heterocycles. The maximum absolute atomic E-state index is 12.3. The number of nitrogens with zero attached hydrogens (tertiary/aromatic N) is 1. The zero-order chi connectivity index (χ0) is 18.0. The lowest BCUT2D eigenvalue weighted by atomic mass is 9.76. The molecule has 132 valence electrons. The largest absolute Gasteiger partial charge is 0.466 e. The standard InChI is InChI=1S/C21H25NO3/c1-5-24-18(23)11-16(17-8-6-7-9-22-17)19-20-15(12-21(19,3)4)10-14(2)13-25-20/h6-10,13,16H,5,11-12H2,1-4H3. The van der Waals surface area contributed by atoms with Gasteiger partial charge in [-0.2, -0.15) is 0 Å². The second-order valence-corrected chi connectivity index (χ2v) is 7.27. The first kappa shape index (κ1) is 17.5. The molecule has 0 saturated carbocycles. The summed E-state index contributed by atoms with van der Waals surface area (Å²) in [4.78, 5) is 16.8. The van der Waals surface area contributed by atoms with E-state index in [0.717, 1.165) is 29.0 Å². The molecule has 4 heteroatoms. The van der Waals surface area contributed by atoms with E-state index in [4.69, 9.17) is 9.47 Å². The smallest absolute Gasteiger partial charge is 0.306 e. The minimum absolute atomic E-state index is 0.103. The number of ether oxygens (including phenoxy) is 2. The maximum Gasteiger partial charge on any atom is 0.306 e. The van der Waals surface area contributed by atoms with E-state index < -0.39 is 0 Å². The van der Waals surface area contributed by atoms with Gasteiger partial charge in [-0.25, -0.2) is 0 Å². The van der Waals surface area contributed by atoms with E-state index in [1.54, 1.807) is 12.5 Å². The van der Waals surface area contributed by atoms with Crippen LogP contribution in [-0.4, -0.2) is 17.6 Å². The molecule has 1 aliphatic carbocycles. The molecule has 1 aliphatic heterocycles. The van der Waals surface area contributed by atoms with Crippen LogP contribution in [0.3, 0.4) is 0 Å². The Labute approximate surface area is 149 Å². The minimum atomic E-state index is -0.206. The maximum atomic E-state index is 12.3. The van der Waals surface area contributed by atoms with Gasteiger partial charge < -0.3 is 9.47 Å². The summed E-state index contributed by atoms with van der Waals surface area (Å²) in [6, 6.07) is 5.81. The molecule has 1 unspecified atom stereocenters. The third kappa shape index (κ3) is 3.53. The molecule has 0 amide bonds. The molecule has 0 bridgehead atoms. The Morgan fingerprint density at radius 3 is 2.88 bits per heavy atom. The molecule has 2 aliphatic rings. The van der Waals surface area contributed by atoms with Crippen molar-refractivity contribution < 1.29 is 14.3 Å².